The van der Waals surface area contributed by atoms with Crippen molar-refractivity contribution in [3.63, 3.8) is 0 Å². The Morgan fingerprint density at radius 2 is 1.74 bits per heavy atom. The molecule has 0 bridgehead atoms. The minimum absolute atomic E-state index is 0.0738. The maximum absolute atomic E-state index is 13.0. The van der Waals surface area contributed by atoms with Crippen molar-refractivity contribution in [3.8, 4) is 11.5 Å². The molecule has 1 aromatic heterocycles. The molecule has 1 heterocycles. The number of rotatable bonds is 6. The van der Waals surface area contributed by atoms with E-state index in [0.717, 1.165) is 0 Å². The average molecular weight is 499 g/mol. The molecule has 10 heteroatoms. The van der Waals surface area contributed by atoms with Crippen molar-refractivity contribution in [3.05, 3.63) is 87.7 Å². The Bertz CT molecular complexity index is 1550. The molecule has 4 rings (SSSR count). The van der Waals surface area contributed by atoms with Gasteiger partial charge in [0.2, 0.25) is 9.84 Å². The summed E-state index contributed by atoms with van der Waals surface area (Å²) in [5.41, 5.74) is -0.167. The third kappa shape index (κ3) is 4.48. The molecule has 0 unspecified atom stereocenters. The minimum atomic E-state index is -4.33. The van der Waals surface area contributed by atoms with Crippen LogP contribution in [0, 0.1) is 0 Å². The quantitative estimate of drug-likeness (QED) is 0.362. The van der Waals surface area contributed by atoms with Crippen LogP contribution in [0.15, 0.2) is 81.3 Å². The Hall–Kier alpha value is -3.82. The maximum atomic E-state index is 13.0. The maximum Gasteiger partial charge on any atom is 0.271 e. The molecular formula is C24H19ClN2O6S. The second-order valence-corrected chi connectivity index (χ2v) is 9.58. The van der Waals surface area contributed by atoms with Crippen LogP contribution in [0.5, 0.6) is 11.5 Å². The van der Waals surface area contributed by atoms with E-state index in [2.05, 4.69) is 10.3 Å². The molecule has 0 fully saturated rings. The summed E-state index contributed by atoms with van der Waals surface area (Å²) in [5.74, 6) is -0.486. The van der Waals surface area contributed by atoms with Gasteiger partial charge in [0, 0.05) is 21.7 Å². The molecule has 34 heavy (non-hydrogen) atoms. The number of nitrogens with one attached hydrogen (secondary N) is 2. The number of sulfone groups is 1. The smallest absolute Gasteiger partial charge is 0.271 e. The van der Waals surface area contributed by atoms with E-state index in [9.17, 15) is 23.1 Å². The Balaban J connectivity index is 1.68. The van der Waals surface area contributed by atoms with Crippen molar-refractivity contribution in [1.82, 2.24) is 4.98 Å². The largest absolute Gasteiger partial charge is 0.506 e. The summed E-state index contributed by atoms with van der Waals surface area (Å²) in [6.45, 7) is 2.39. The molecule has 4 aromatic rings. The normalized spacial score (nSPS) is 11.4. The van der Waals surface area contributed by atoms with Crippen molar-refractivity contribution in [1.29, 1.82) is 0 Å². The van der Waals surface area contributed by atoms with Gasteiger partial charge in [0.05, 0.1) is 17.0 Å². The number of hydrogen-bond donors (Lipinski definition) is 3. The summed E-state index contributed by atoms with van der Waals surface area (Å²) < 4.78 is 31.3. The monoisotopic (exact) mass is 498 g/mol. The first-order chi connectivity index (χ1) is 16.2. The van der Waals surface area contributed by atoms with Crippen molar-refractivity contribution in [2.75, 3.05) is 11.9 Å². The topological polar surface area (TPSA) is 126 Å². The highest BCUT2D eigenvalue weighted by atomic mass is 35.5. The van der Waals surface area contributed by atoms with Crippen molar-refractivity contribution in [2.24, 2.45) is 0 Å². The van der Waals surface area contributed by atoms with Gasteiger partial charge in [-0.25, -0.2) is 8.42 Å². The lowest BCUT2D eigenvalue weighted by Crippen LogP contribution is -2.18. The van der Waals surface area contributed by atoms with E-state index in [0.29, 0.717) is 23.1 Å². The molecule has 0 aliphatic rings. The van der Waals surface area contributed by atoms with E-state index in [1.807, 2.05) is 6.92 Å². The van der Waals surface area contributed by atoms with E-state index < -0.39 is 31.9 Å². The van der Waals surface area contributed by atoms with Crippen molar-refractivity contribution in [2.45, 2.75) is 16.7 Å². The number of aromatic hydroxyl groups is 1. The minimum Gasteiger partial charge on any atom is -0.506 e. The molecule has 0 aliphatic carbocycles. The zero-order valence-corrected chi connectivity index (χ0v) is 19.4. The third-order valence-corrected chi connectivity index (χ3v) is 7.08. The summed E-state index contributed by atoms with van der Waals surface area (Å²) in [4.78, 5) is 26.8. The zero-order valence-electron chi connectivity index (χ0n) is 17.8. The Morgan fingerprint density at radius 3 is 2.38 bits per heavy atom. The third-order valence-electron chi connectivity index (χ3n) is 5.02. The highest BCUT2D eigenvalue weighted by Gasteiger charge is 2.27. The van der Waals surface area contributed by atoms with Gasteiger partial charge in [0.15, 0.2) is 4.90 Å². The number of halogens is 1. The van der Waals surface area contributed by atoms with E-state index >= 15 is 0 Å². The Labute approximate surface area is 199 Å². The number of aromatic nitrogens is 1. The lowest BCUT2D eigenvalue weighted by molar-refractivity contribution is 0.102. The number of benzene rings is 3. The Kier molecular flexibility index (Phi) is 6.32. The summed E-state index contributed by atoms with van der Waals surface area (Å²) in [5, 5.41) is 13.8. The van der Waals surface area contributed by atoms with Gasteiger partial charge in [-0.3, -0.25) is 9.59 Å². The van der Waals surface area contributed by atoms with Crippen LogP contribution in [0.2, 0.25) is 5.02 Å². The van der Waals surface area contributed by atoms with Gasteiger partial charge in [-0.2, -0.15) is 0 Å². The lowest BCUT2D eigenvalue weighted by Gasteiger charge is -2.11. The number of carbonyl (C=O) groups excluding carboxylic acids is 1. The van der Waals surface area contributed by atoms with Crippen LogP contribution in [-0.2, 0) is 9.84 Å². The first-order valence-corrected chi connectivity index (χ1v) is 12.0. The molecule has 0 aliphatic heterocycles. The number of carbonyl (C=O) groups is 1. The fourth-order valence-electron chi connectivity index (χ4n) is 3.39. The van der Waals surface area contributed by atoms with Crippen LogP contribution < -0.4 is 15.6 Å². The van der Waals surface area contributed by atoms with Crippen LogP contribution in [-0.4, -0.2) is 31.0 Å². The van der Waals surface area contributed by atoms with Crippen LogP contribution >= 0.6 is 11.6 Å². The molecule has 3 aromatic carbocycles. The van der Waals surface area contributed by atoms with Gasteiger partial charge in [-0.05, 0) is 73.7 Å². The number of ether oxygens (including phenoxy) is 1. The van der Waals surface area contributed by atoms with Crippen molar-refractivity contribution < 1.29 is 23.1 Å². The molecule has 3 N–H and O–H groups in total. The Morgan fingerprint density at radius 1 is 1.06 bits per heavy atom. The predicted molar refractivity (Wildman–Crippen MR) is 129 cm³/mol. The van der Waals surface area contributed by atoms with E-state index in [1.54, 1.807) is 24.3 Å². The summed E-state index contributed by atoms with van der Waals surface area (Å²) in [7, 11) is -4.33. The fourth-order valence-corrected chi connectivity index (χ4v) is 4.91. The molecule has 0 radical (unpaired) electrons. The van der Waals surface area contributed by atoms with Crippen LogP contribution in [0.1, 0.15) is 17.3 Å². The van der Waals surface area contributed by atoms with Gasteiger partial charge in [0.1, 0.15) is 11.5 Å². The second-order valence-electron chi connectivity index (χ2n) is 7.26. The number of amides is 1. The standard InChI is InChI=1S/C24H19ClN2O6S/c1-2-33-17-8-6-16(7-9-17)26-23(29)14-3-12-19-20(13-14)27-24(30)22(21(19)28)34(31,32)18-10-4-15(25)5-11-18/h3-13H,2H2,1H3,(H,26,29)(H2,27,28,30). The number of anilines is 1. The van der Waals surface area contributed by atoms with Gasteiger partial charge in [-0.1, -0.05) is 11.6 Å². The molecule has 0 atom stereocenters. The number of aromatic amines is 1. The van der Waals surface area contributed by atoms with Gasteiger partial charge in [-0.15, -0.1) is 0 Å². The summed E-state index contributed by atoms with van der Waals surface area (Å²) in [6.07, 6.45) is 0. The van der Waals surface area contributed by atoms with Crippen LogP contribution in [0.4, 0.5) is 5.69 Å². The molecule has 1 amide bonds. The number of fused-ring (bicyclic) bond motifs is 1. The average Bonchev–Trinajstić information content (AvgIpc) is 2.80. The highest BCUT2D eigenvalue weighted by Crippen LogP contribution is 2.32. The van der Waals surface area contributed by atoms with Crippen LogP contribution in [0.3, 0.4) is 0 Å². The van der Waals surface area contributed by atoms with E-state index in [-0.39, 0.29) is 21.4 Å². The second kappa shape index (κ2) is 9.20. The number of pyridine rings is 1. The zero-order chi connectivity index (χ0) is 24.5. The molecular weight excluding hydrogens is 480 g/mol. The first-order valence-electron chi connectivity index (χ1n) is 10.1. The molecule has 174 valence electrons. The predicted octanol–water partition coefficient (Wildman–Crippen LogP) is 4.37. The fraction of sp³-hybridized carbons (Fsp3) is 0.0833. The van der Waals surface area contributed by atoms with Gasteiger partial charge >= 0.3 is 0 Å². The van der Waals surface area contributed by atoms with E-state index in [4.69, 9.17) is 16.3 Å². The van der Waals surface area contributed by atoms with Gasteiger partial charge in [0.25, 0.3) is 11.5 Å². The SMILES string of the molecule is CCOc1ccc(NC(=O)c2ccc3c(O)c(S(=O)(=O)c4ccc(Cl)cc4)c(=O)[nH]c3c2)cc1. The molecule has 0 saturated heterocycles. The lowest BCUT2D eigenvalue weighted by atomic mass is 10.1. The molecule has 8 nitrogen and oxygen atoms in total. The highest BCUT2D eigenvalue weighted by molar-refractivity contribution is 7.91. The molecule has 0 saturated carbocycles. The van der Waals surface area contributed by atoms with Gasteiger partial charge < -0.3 is 20.1 Å². The van der Waals surface area contributed by atoms with E-state index in [1.165, 1.54) is 42.5 Å². The first kappa shape index (κ1) is 23.3. The number of hydrogen-bond acceptors (Lipinski definition) is 6. The van der Waals surface area contributed by atoms with Crippen LogP contribution in [0.25, 0.3) is 10.9 Å². The van der Waals surface area contributed by atoms with Crippen molar-refractivity contribution >= 4 is 43.9 Å². The summed E-state index contributed by atoms with van der Waals surface area (Å²) in [6, 6.07) is 16.2. The number of H-pyrrole nitrogens is 1. The summed E-state index contributed by atoms with van der Waals surface area (Å²) >= 11 is 5.81. The molecule has 0 spiro atoms.